The molecule has 0 bridgehead atoms. The van der Waals surface area contributed by atoms with Crippen LogP contribution in [0.3, 0.4) is 0 Å². The van der Waals surface area contributed by atoms with Gasteiger partial charge in [0.25, 0.3) is 0 Å². The minimum Gasteiger partial charge on any atom is -0.339 e. The molecule has 0 aliphatic rings. The van der Waals surface area contributed by atoms with Gasteiger partial charge in [0.05, 0.1) is 11.2 Å². The van der Waals surface area contributed by atoms with E-state index in [-0.39, 0.29) is 12.4 Å². The van der Waals surface area contributed by atoms with E-state index in [1.807, 2.05) is 18.3 Å². The van der Waals surface area contributed by atoms with Crippen molar-refractivity contribution >= 4 is 34.9 Å². The molecule has 4 rings (SSSR count). The summed E-state index contributed by atoms with van der Waals surface area (Å²) in [6.45, 7) is 5.21. The van der Waals surface area contributed by atoms with Crippen molar-refractivity contribution in [3.05, 3.63) is 100.0 Å². The van der Waals surface area contributed by atoms with Crippen LogP contribution in [0.15, 0.2) is 66.9 Å². The summed E-state index contributed by atoms with van der Waals surface area (Å²) < 4.78 is 2.39. The highest BCUT2D eigenvalue weighted by atomic mass is 35.5. The number of pyridine rings is 1. The molecule has 0 saturated carbocycles. The molecule has 0 amide bonds. The summed E-state index contributed by atoms with van der Waals surface area (Å²) in [6.07, 6.45) is 2.77. The second-order valence-electron chi connectivity index (χ2n) is 6.74. The van der Waals surface area contributed by atoms with Gasteiger partial charge < -0.3 is 4.57 Å². The van der Waals surface area contributed by atoms with E-state index in [1.54, 1.807) is 0 Å². The Morgan fingerprint density at radius 2 is 1.59 bits per heavy atom. The van der Waals surface area contributed by atoms with E-state index >= 15 is 0 Å². The Balaban J connectivity index is 0.00000210. The zero-order valence-corrected chi connectivity index (χ0v) is 17.0. The van der Waals surface area contributed by atoms with Gasteiger partial charge in [-0.25, -0.2) is 0 Å². The fourth-order valence-electron chi connectivity index (χ4n) is 3.55. The number of halogens is 2. The highest BCUT2D eigenvalue weighted by molar-refractivity contribution is 6.30. The molecule has 0 fully saturated rings. The number of nitrogens with zero attached hydrogens (tertiary/aromatic N) is 2. The first-order valence-corrected chi connectivity index (χ1v) is 9.23. The molecular formula is C23H22Cl2N2. The third kappa shape index (κ3) is 3.87. The summed E-state index contributed by atoms with van der Waals surface area (Å²) in [7, 11) is 0. The first kappa shape index (κ1) is 19.5. The molecule has 2 heterocycles. The lowest BCUT2D eigenvalue weighted by Gasteiger charge is -2.12. The number of rotatable bonds is 4. The quantitative estimate of drug-likeness (QED) is 0.391. The van der Waals surface area contributed by atoms with E-state index in [4.69, 9.17) is 16.6 Å². The Morgan fingerprint density at radius 3 is 2.30 bits per heavy atom. The van der Waals surface area contributed by atoms with Crippen molar-refractivity contribution in [1.82, 2.24) is 9.55 Å². The fourth-order valence-corrected chi connectivity index (χ4v) is 3.68. The SMILES string of the molecule is Cc1c(C)n(Cc2ccc(Cl)cc2)c2c(Cc3ccccc3)nccc12.Cl. The third-order valence-corrected chi connectivity index (χ3v) is 5.34. The van der Waals surface area contributed by atoms with Gasteiger partial charge in [0.2, 0.25) is 0 Å². The van der Waals surface area contributed by atoms with Crippen molar-refractivity contribution in [2.24, 2.45) is 0 Å². The zero-order valence-electron chi connectivity index (χ0n) is 15.4. The molecule has 138 valence electrons. The van der Waals surface area contributed by atoms with Crippen LogP contribution in [0, 0.1) is 13.8 Å². The lowest BCUT2D eigenvalue weighted by molar-refractivity contribution is 0.794. The molecule has 0 unspecified atom stereocenters. The van der Waals surface area contributed by atoms with Crippen molar-refractivity contribution in [3.8, 4) is 0 Å². The van der Waals surface area contributed by atoms with E-state index < -0.39 is 0 Å². The van der Waals surface area contributed by atoms with Gasteiger partial charge in [-0.3, -0.25) is 4.98 Å². The number of aromatic nitrogens is 2. The van der Waals surface area contributed by atoms with Gasteiger partial charge in [-0.15, -0.1) is 12.4 Å². The average Bonchev–Trinajstić information content (AvgIpc) is 2.90. The van der Waals surface area contributed by atoms with Gasteiger partial charge in [-0.1, -0.05) is 54.1 Å². The monoisotopic (exact) mass is 396 g/mol. The van der Waals surface area contributed by atoms with Crippen LogP contribution in [0.2, 0.25) is 5.02 Å². The van der Waals surface area contributed by atoms with Crippen LogP contribution < -0.4 is 0 Å². The standard InChI is InChI=1S/C23H21ClN2.ClH/c1-16-17(2)26(15-19-8-10-20(24)11-9-19)23-21(16)12-13-25-22(23)14-18-6-4-3-5-7-18;/h3-13H,14-15H2,1-2H3;1H. The molecule has 0 spiro atoms. The Morgan fingerprint density at radius 1 is 0.889 bits per heavy atom. The molecule has 0 atom stereocenters. The average molecular weight is 397 g/mol. The number of fused-ring (bicyclic) bond motifs is 1. The summed E-state index contributed by atoms with van der Waals surface area (Å²) in [4.78, 5) is 4.73. The van der Waals surface area contributed by atoms with Crippen molar-refractivity contribution in [2.45, 2.75) is 26.8 Å². The minimum absolute atomic E-state index is 0. The number of hydrogen-bond donors (Lipinski definition) is 0. The predicted octanol–water partition coefficient (Wildman–Crippen LogP) is 6.37. The van der Waals surface area contributed by atoms with E-state index in [9.17, 15) is 0 Å². The molecular weight excluding hydrogens is 375 g/mol. The van der Waals surface area contributed by atoms with Gasteiger partial charge in [0, 0.05) is 35.3 Å². The van der Waals surface area contributed by atoms with Crippen LogP contribution in [-0.2, 0) is 13.0 Å². The minimum atomic E-state index is 0. The molecule has 4 heteroatoms. The zero-order chi connectivity index (χ0) is 18.1. The third-order valence-electron chi connectivity index (χ3n) is 5.09. The summed E-state index contributed by atoms with van der Waals surface area (Å²) in [5.41, 5.74) is 7.49. The maximum atomic E-state index is 6.04. The number of benzene rings is 2. The van der Waals surface area contributed by atoms with Crippen LogP contribution in [0.5, 0.6) is 0 Å². The van der Waals surface area contributed by atoms with Crippen LogP contribution in [-0.4, -0.2) is 9.55 Å². The number of aryl methyl sites for hydroxylation is 1. The van der Waals surface area contributed by atoms with Gasteiger partial charge in [0.1, 0.15) is 0 Å². The lowest BCUT2D eigenvalue weighted by Crippen LogP contribution is -2.05. The van der Waals surface area contributed by atoms with Crippen molar-refractivity contribution in [3.63, 3.8) is 0 Å². The Hall–Kier alpha value is -2.29. The Kier molecular flexibility index (Phi) is 5.88. The molecule has 0 saturated heterocycles. The molecule has 0 radical (unpaired) electrons. The van der Waals surface area contributed by atoms with Crippen LogP contribution in [0.1, 0.15) is 28.1 Å². The molecule has 2 aromatic heterocycles. The smallest absolute Gasteiger partial charge is 0.0710 e. The summed E-state index contributed by atoms with van der Waals surface area (Å²) >= 11 is 6.04. The Labute approximate surface area is 171 Å². The van der Waals surface area contributed by atoms with Crippen LogP contribution in [0.4, 0.5) is 0 Å². The molecule has 2 aromatic carbocycles. The maximum Gasteiger partial charge on any atom is 0.0710 e. The van der Waals surface area contributed by atoms with Gasteiger partial charge in [-0.05, 0) is 48.7 Å². The second-order valence-corrected chi connectivity index (χ2v) is 7.18. The summed E-state index contributed by atoms with van der Waals surface area (Å²) in [5.74, 6) is 0. The highest BCUT2D eigenvalue weighted by Crippen LogP contribution is 2.29. The maximum absolute atomic E-state index is 6.04. The molecule has 0 N–H and O–H groups in total. The molecule has 0 aliphatic carbocycles. The van der Waals surface area contributed by atoms with E-state index in [0.717, 1.165) is 23.7 Å². The fraction of sp³-hybridized carbons (Fsp3) is 0.174. The van der Waals surface area contributed by atoms with E-state index in [0.29, 0.717) is 0 Å². The van der Waals surface area contributed by atoms with Gasteiger partial charge in [-0.2, -0.15) is 0 Å². The van der Waals surface area contributed by atoms with E-state index in [2.05, 4.69) is 66.9 Å². The van der Waals surface area contributed by atoms with Crippen molar-refractivity contribution < 1.29 is 0 Å². The first-order valence-electron chi connectivity index (χ1n) is 8.85. The van der Waals surface area contributed by atoms with Gasteiger partial charge in [0.15, 0.2) is 0 Å². The van der Waals surface area contributed by atoms with Crippen molar-refractivity contribution in [2.75, 3.05) is 0 Å². The molecule has 27 heavy (non-hydrogen) atoms. The molecule has 2 nitrogen and oxygen atoms in total. The summed E-state index contributed by atoms with van der Waals surface area (Å²) in [6, 6.07) is 20.8. The van der Waals surface area contributed by atoms with Crippen molar-refractivity contribution in [1.29, 1.82) is 0 Å². The highest BCUT2D eigenvalue weighted by Gasteiger charge is 2.15. The topological polar surface area (TPSA) is 17.8 Å². The van der Waals surface area contributed by atoms with E-state index in [1.165, 1.54) is 33.3 Å². The normalized spacial score (nSPS) is 10.8. The first-order chi connectivity index (χ1) is 12.6. The summed E-state index contributed by atoms with van der Waals surface area (Å²) in [5, 5.41) is 2.06. The van der Waals surface area contributed by atoms with Crippen LogP contribution >= 0.6 is 24.0 Å². The lowest BCUT2D eigenvalue weighted by atomic mass is 10.1. The number of hydrogen-bond acceptors (Lipinski definition) is 1. The Bertz CT molecular complexity index is 1050. The largest absolute Gasteiger partial charge is 0.339 e. The molecule has 4 aromatic rings. The second kappa shape index (κ2) is 8.16. The van der Waals surface area contributed by atoms with Crippen LogP contribution in [0.25, 0.3) is 10.9 Å². The molecule has 0 aliphatic heterocycles. The predicted molar refractivity (Wildman–Crippen MR) is 116 cm³/mol. The van der Waals surface area contributed by atoms with Gasteiger partial charge >= 0.3 is 0 Å².